The van der Waals surface area contributed by atoms with Crippen LogP contribution in [0.15, 0.2) is 12.7 Å². The topological polar surface area (TPSA) is 32.3 Å². The SMILES string of the molecule is C=CCN(C)C(=O)[C@@]12CCCC[C@H]1CNC2.Cl. The second-order valence-electron chi connectivity index (χ2n) is 5.20. The van der Waals surface area contributed by atoms with Gasteiger partial charge in [-0.2, -0.15) is 0 Å². The molecule has 0 aromatic carbocycles. The van der Waals surface area contributed by atoms with Gasteiger partial charge < -0.3 is 10.2 Å². The van der Waals surface area contributed by atoms with Gasteiger partial charge in [0.25, 0.3) is 0 Å². The summed E-state index contributed by atoms with van der Waals surface area (Å²) in [5.74, 6) is 0.878. The molecule has 4 heteroatoms. The Morgan fingerprint density at radius 3 is 3.06 bits per heavy atom. The van der Waals surface area contributed by atoms with E-state index in [1.165, 1.54) is 19.3 Å². The van der Waals surface area contributed by atoms with Crippen molar-refractivity contribution in [2.45, 2.75) is 25.7 Å². The molecule has 0 unspecified atom stereocenters. The molecule has 1 amide bonds. The van der Waals surface area contributed by atoms with Gasteiger partial charge in [-0.15, -0.1) is 19.0 Å². The normalized spacial score (nSPS) is 31.2. The molecule has 1 aliphatic heterocycles. The van der Waals surface area contributed by atoms with Crippen molar-refractivity contribution < 1.29 is 4.79 Å². The van der Waals surface area contributed by atoms with E-state index in [4.69, 9.17) is 0 Å². The molecule has 2 aliphatic rings. The standard InChI is InChI=1S/C13H22N2O.ClH/c1-3-8-15(2)12(16)13-7-5-4-6-11(13)9-14-10-13;/h3,11,14H,1,4-10H2,2H3;1H/t11-,13+;/m0./s1. The average molecular weight is 259 g/mol. The Morgan fingerprint density at radius 1 is 1.59 bits per heavy atom. The largest absolute Gasteiger partial charge is 0.342 e. The molecule has 2 atom stereocenters. The van der Waals surface area contributed by atoms with Crippen LogP contribution >= 0.6 is 12.4 Å². The molecule has 2 rings (SSSR count). The third kappa shape index (κ3) is 2.50. The van der Waals surface area contributed by atoms with Gasteiger partial charge in [0.1, 0.15) is 0 Å². The highest BCUT2D eigenvalue weighted by molar-refractivity contribution is 5.85. The van der Waals surface area contributed by atoms with Gasteiger partial charge in [0.05, 0.1) is 5.41 Å². The molecule has 0 bridgehead atoms. The Kier molecular flexibility index (Phi) is 5.02. The third-order valence-electron chi connectivity index (χ3n) is 4.21. The number of halogens is 1. The van der Waals surface area contributed by atoms with E-state index in [-0.39, 0.29) is 17.8 Å². The number of hydrogen-bond acceptors (Lipinski definition) is 2. The van der Waals surface area contributed by atoms with E-state index >= 15 is 0 Å². The summed E-state index contributed by atoms with van der Waals surface area (Å²) in [5, 5.41) is 3.41. The van der Waals surface area contributed by atoms with Crippen LogP contribution < -0.4 is 5.32 Å². The minimum absolute atomic E-state index is 0. The van der Waals surface area contributed by atoms with E-state index in [1.807, 2.05) is 11.9 Å². The smallest absolute Gasteiger partial charge is 0.230 e. The highest BCUT2D eigenvalue weighted by Gasteiger charge is 2.50. The van der Waals surface area contributed by atoms with Gasteiger partial charge in [-0.25, -0.2) is 0 Å². The summed E-state index contributed by atoms with van der Waals surface area (Å²) in [6.45, 7) is 6.26. The molecule has 17 heavy (non-hydrogen) atoms. The summed E-state index contributed by atoms with van der Waals surface area (Å²) in [5.41, 5.74) is -0.101. The number of nitrogens with one attached hydrogen (secondary N) is 1. The Hall–Kier alpha value is -0.540. The highest BCUT2D eigenvalue weighted by Crippen LogP contribution is 2.44. The molecular weight excluding hydrogens is 236 g/mol. The Morgan fingerprint density at radius 2 is 2.35 bits per heavy atom. The van der Waals surface area contributed by atoms with Crippen LogP contribution in [0.5, 0.6) is 0 Å². The Labute approximate surface area is 110 Å². The zero-order chi connectivity index (χ0) is 11.6. The first-order valence-electron chi connectivity index (χ1n) is 6.28. The van der Waals surface area contributed by atoms with Crippen molar-refractivity contribution >= 4 is 18.3 Å². The first kappa shape index (κ1) is 14.5. The molecule has 1 aliphatic carbocycles. The van der Waals surface area contributed by atoms with E-state index in [0.29, 0.717) is 18.4 Å². The summed E-state index contributed by atoms with van der Waals surface area (Å²) in [4.78, 5) is 14.4. The van der Waals surface area contributed by atoms with Gasteiger partial charge in [-0.1, -0.05) is 18.9 Å². The van der Waals surface area contributed by atoms with Crippen LogP contribution in [-0.4, -0.2) is 37.5 Å². The zero-order valence-electron chi connectivity index (χ0n) is 10.6. The predicted octanol–water partition coefficient (Wildman–Crippen LogP) is 1.83. The van der Waals surface area contributed by atoms with Crippen LogP contribution in [0.1, 0.15) is 25.7 Å². The van der Waals surface area contributed by atoms with Crippen molar-refractivity contribution in [2.75, 3.05) is 26.7 Å². The fraction of sp³-hybridized carbons (Fsp3) is 0.769. The van der Waals surface area contributed by atoms with Crippen LogP contribution in [0, 0.1) is 11.3 Å². The highest BCUT2D eigenvalue weighted by atomic mass is 35.5. The van der Waals surface area contributed by atoms with Crippen molar-refractivity contribution in [1.29, 1.82) is 0 Å². The molecule has 0 aromatic rings. The lowest BCUT2D eigenvalue weighted by Crippen LogP contribution is -2.48. The van der Waals surface area contributed by atoms with Gasteiger partial charge in [-0.3, -0.25) is 4.79 Å². The van der Waals surface area contributed by atoms with E-state index in [2.05, 4.69) is 11.9 Å². The van der Waals surface area contributed by atoms with Crippen molar-refractivity contribution in [2.24, 2.45) is 11.3 Å². The lowest BCUT2D eigenvalue weighted by atomic mass is 9.67. The first-order valence-corrected chi connectivity index (χ1v) is 6.28. The minimum atomic E-state index is -0.101. The quantitative estimate of drug-likeness (QED) is 0.784. The van der Waals surface area contributed by atoms with Gasteiger partial charge in [-0.05, 0) is 25.3 Å². The molecule has 1 N–H and O–H groups in total. The second-order valence-corrected chi connectivity index (χ2v) is 5.20. The number of nitrogens with zero attached hydrogens (tertiary/aromatic N) is 1. The number of carbonyl (C=O) groups is 1. The number of fused-ring (bicyclic) bond motifs is 1. The van der Waals surface area contributed by atoms with E-state index in [9.17, 15) is 4.79 Å². The summed E-state index contributed by atoms with van der Waals surface area (Å²) in [6.07, 6.45) is 6.55. The van der Waals surface area contributed by atoms with Crippen LogP contribution in [0.3, 0.4) is 0 Å². The monoisotopic (exact) mass is 258 g/mol. The molecule has 0 aromatic heterocycles. The zero-order valence-corrected chi connectivity index (χ0v) is 11.4. The fourth-order valence-corrected chi connectivity index (χ4v) is 3.33. The first-order chi connectivity index (χ1) is 7.70. The number of carbonyl (C=O) groups excluding carboxylic acids is 1. The molecular formula is C13H23ClN2O. The molecule has 0 radical (unpaired) electrons. The second kappa shape index (κ2) is 5.87. The lowest BCUT2D eigenvalue weighted by Gasteiger charge is -2.39. The molecule has 1 saturated heterocycles. The van der Waals surface area contributed by atoms with Crippen LogP contribution in [-0.2, 0) is 4.79 Å². The maximum Gasteiger partial charge on any atom is 0.230 e. The molecule has 1 saturated carbocycles. The van der Waals surface area contributed by atoms with E-state index in [1.54, 1.807) is 6.08 Å². The van der Waals surface area contributed by atoms with Crippen LogP contribution in [0.2, 0.25) is 0 Å². The van der Waals surface area contributed by atoms with Gasteiger partial charge in [0.15, 0.2) is 0 Å². The number of amides is 1. The van der Waals surface area contributed by atoms with Crippen molar-refractivity contribution in [1.82, 2.24) is 10.2 Å². The molecule has 2 fully saturated rings. The Bertz CT molecular complexity index is 295. The van der Waals surface area contributed by atoms with Gasteiger partial charge >= 0.3 is 0 Å². The lowest BCUT2D eigenvalue weighted by molar-refractivity contribution is -0.143. The summed E-state index contributed by atoms with van der Waals surface area (Å²) in [6, 6.07) is 0. The van der Waals surface area contributed by atoms with Gasteiger partial charge in [0, 0.05) is 20.1 Å². The van der Waals surface area contributed by atoms with Crippen molar-refractivity contribution in [3.05, 3.63) is 12.7 Å². The number of likely N-dealkylation sites (N-methyl/N-ethyl adjacent to an activating group) is 1. The molecule has 1 heterocycles. The summed E-state index contributed by atoms with van der Waals surface area (Å²) >= 11 is 0. The number of hydrogen-bond donors (Lipinski definition) is 1. The summed E-state index contributed by atoms with van der Waals surface area (Å²) < 4.78 is 0. The maximum absolute atomic E-state index is 12.5. The van der Waals surface area contributed by atoms with E-state index in [0.717, 1.165) is 19.5 Å². The minimum Gasteiger partial charge on any atom is -0.342 e. The van der Waals surface area contributed by atoms with E-state index < -0.39 is 0 Å². The predicted molar refractivity (Wildman–Crippen MR) is 72.3 cm³/mol. The third-order valence-corrected chi connectivity index (χ3v) is 4.21. The maximum atomic E-state index is 12.5. The Balaban J connectivity index is 0.00000144. The fourth-order valence-electron chi connectivity index (χ4n) is 3.33. The molecule has 0 spiro atoms. The van der Waals surface area contributed by atoms with Crippen LogP contribution in [0.4, 0.5) is 0 Å². The molecule has 3 nitrogen and oxygen atoms in total. The number of rotatable bonds is 3. The summed E-state index contributed by atoms with van der Waals surface area (Å²) in [7, 11) is 1.89. The van der Waals surface area contributed by atoms with Crippen molar-refractivity contribution in [3.8, 4) is 0 Å². The van der Waals surface area contributed by atoms with Crippen LogP contribution in [0.25, 0.3) is 0 Å². The average Bonchev–Trinajstić information content (AvgIpc) is 2.73. The van der Waals surface area contributed by atoms with Gasteiger partial charge in [0.2, 0.25) is 5.91 Å². The van der Waals surface area contributed by atoms with Crippen molar-refractivity contribution in [3.63, 3.8) is 0 Å². The molecule has 98 valence electrons.